The Hall–Kier alpha value is -2.36. The minimum atomic E-state index is 0.134. The first kappa shape index (κ1) is 11.7. The molecule has 4 nitrogen and oxygen atoms in total. The lowest BCUT2D eigenvalue weighted by molar-refractivity contribution is -0.117. The van der Waals surface area contributed by atoms with Gasteiger partial charge in [0.1, 0.15) is 5.76 Å². The first-order valence-electron chi connectivity index (χ1n) is 6.24. The number of amides is 1. The van der Waals surface area contributed by atoms with Crippen molar-refractivity contribution >= 4 is 17.9 Å². The van der Waals surface area contributed by atoms with Crippen LogP contribution in [0.3, 0.4) is 0 Å². The van der Waals surface area contributed by atoms with Gasteiger partial charge in [0.25, 0.3) is 0 Å². The maximum atomic E-state index is 11.9. The Bertz CT molecular complexity index is 630. The van der Waals surface area contributed by atoms with Crippen LogP contribution >= 0.6 is 0 Å². The predicted molar refractivity (Wildman–Crippen MR) is 71.1 cm³/mol. The highest BCUT2D eigenvalue weighted by Crippen LogP contribution is 2.33. The molecule has 19 heavy (non-hydrogen) atoms. The first-order valence-corrected chi connectivity index (χ1v) is 6.24. The zero-order valence-electron chi connectivity index (χ0n) is 10.3. The minimum Gasteiger partial charge on any atom is -0.453 e. The number of para-hydroxylation sites is 1. The van der Waals surface area contributed by atoms with E-state index >= 15 is 0 Å². The van der Waals surface area contributed by atoms with Gasteiger partial charge >= 0.3 is 0 Å². The molecule has 0 N–H and O–H groups in total. The Morgan fingerprint density at radius 1 is 1.16 bits per heavy atom. The fourth-order valence-electron chi connectivity index (χ4n) is 2.38. The molecule has 1 aliphatic heterocycles. The number of nitrogens with zero attached hydrogens (tertiary/aromatic N) is 1. The molecule has 0 unspecified atom stereocenters. The third kappa shape index (κ3) is 2.05. The van der Waals surface area contributed by atoms with Gasteiger partial charge < -0.3 is 9.32 Å². The van der Waals surface area contributed by atoms with E-state index in [1.54, 1.807) is 17.0 Å². The lowest BCUT2D eigenvalue weighted by Crippen LogP contribution is -2.24. The highest BCUT2D eigenvalue weighted by atomic mass is 16.3. The lowest BCUT2D eigenvalue weighted by atomic mass is 10.1. The van der Waals surface area contributed by atoms with Gasteiger partial charge in [-0.1, -0.05) is 12.1 Å². The minimum absolute atomic E-state index is 0.134. The van der Waals surface area contributed by atoms with Crippen LogP contribution in [0.5, 0.6) is 0 Å². The number of aldehydes is 1. The summed E-state index contributed by atoms with van der Waals surface area (Å²) in [5, 5.41) is 0. The molecule has 0 radical (unpaired) electrons. The van der Waals surface area contributed by atoms with Crippen molar-refractivity contribution in [3.8, 4) is 11.3 Å². The standard InChI is InChI=1S/C15H13NO3/c17-10-11-7-8-14(19-11)12-4-1-2-5-13(12)16-9-3-6-15(16)18/h1-2,4-5,7-8,10H,3,6,9H2. The first-order chi connectivity index (χ1) is 9.29. The Labute approximate surface area is 110 Å². The van der Waals surface area contributed by atoms with E-state index in [4.69, 9.17) is 4.42 Å². The number of hydrogen-bond donors (Lipinski definition) is 0. The third-order valence-electron chi connectivity index (χ3n) is 3.28. The van der Waals surface area contributed by atoms with Gasteiger partial charge in [-0.05, 0) is 30.7 Å². The van der Waals surface area contributed by atoms with E-state index in [0.29, 0.717) is 18.5 Å². The Balaban J connectivity index is 2.06. The van der Waals surface area contributed by atoms with Crippen LogP contribution in [-0.2, 0) is 4.79 Å². The summed E-state index contributed by atoms with van der Waals surface area (Å²) in [7, 11) is 0. The predicted octanol–water partition coefficient (Wildman–Crippen LogP) is 2.89. The molecule has 1 aromatic carbocycles. The molecule has 0 bridgehead atoms. The summed E-state index contributed by atoms with van der Waals surface area (Å²) in [4.78, 5) is 24.3. The summed E-state index contributed by atoms with van der Waals surface area (Å²) in [5.41, 5.74) is 1.68. The fraction of sp³-hybridized carbons (Fsp3) is 0.200. The lowest BCUT2D eigenvalue weighted by Gasteiger charge is -2.18. The summed E-state index contributed by atoms with van der Waals surface area (Å²) in [6.45, 7) is 0.733. The summed E-state index contributed by atoms with van der Waals surface area (Å²) in [5.74, 6) is 1.03. The third-order valence-corrected chi connectivity index (χ3v) is 3.28. The van der Waals surface area contributed by atoms with Gasteiger partial charge in [-0.15, -0.1) is 0 Å². The van der Waals surface area contributed by atoms with Crippen LogP contribution in [0.1, 0.15) is 23.4 Å². The SMILES string of the molecule is O=Cc1ccc(-c2ccccc2N2CCCC2=O)o1. The quantitative estimate of drug-likeness (QED) is 0.792. The van der Waals surface area contributed by atoms with Crippen molar-refractivity contribution in [3.05, 3.63) is 42.2 Å². The number of carbonyl (C=O) groups is 2. The largest absolute Gasteiger partial charge is 0.453 e. The number of hydrogen-bond acceptors (Lipinski definition) is 3. The molecule has 1 aliphatic rings. The van der Waals surface area contributed by atoms with Crippen molar-refractivity contribution in [2.45, 2.75) is 12.8 Å². The van der Waals surface area contributed by atoms with Crippen molar-refractivity contribution in [2.75, 3.05) is 11.4 Å². The molecular weight excluding hydrogens is 242 g/mol. The van der Waals surface area contributed by atoms with Crippen molar-refractivity contribution in [1.82, 2.24) is 0 Å². The summed E-state index contributed by atoms with van der Waals surface area (Å²) >= 11 is 0. The number of benzene rings is 1. The maximum absolute atomic E-state index is 11.9. The van der Waals surface area contributed by atoms with E-state index in [9.17, 15) is 9.59 Å². The number of anilines is 1. The topological polar surface area (TPSA) is 50.5 Å². The molecule has 4 heteroatoms. The Morgan fingerprint density at radius 3 is 2.68 bits per heavy atom. The van der Waals surface area contributed by atoms with E-state index in [1.165, 1.54) is 0 Å². The van der Waals surface area contributed by atoms with Crippen LogP contribution in [0.4, 0.5) is 5.69 Å². The summed E-state index contributed by atoms with van der Waals surface area (Å²) in [6.07, 6.45) is 2.14. The van der Waals surface area contributed by atoms with Gasteiger partial charge in [0.2, 0.25) is 5.91 Å². The number of furan rings is 1. The molecule has 0 atom stereocenters. The van der Waals surface area contributed by atoms with E-state index in [1.807, 2.05) is 24.3 Å². The molecule has 2 heterocycles. The number of rotatable bonds is 3. The van der Waals surface area contributed by atoms with Gasteiger partial charge in [0.15, 0.2) is 12.0 Å². The van der Waals surface area contributed by atoms with Crippen molar-refractivity contribution in [3.63, 3.8) is 0 Å². The van der Waals surface area contributed by atoms with Crippen LogP contribution in [0.2, 0.25) is 0 Å². The van der Waals surface area contributed by atoms with E-state index in [-0.39, 0.29) is 11.7 Å². The second-order valence-electron chi connectivity index (χ2n) is 4.49. The molecule has 3 rings (SSSR count). The second kappa shape index (κ2) is 4.72. The molecule has 1 fully saturated rings. The molecule has 0 spiro atoms. The maximum Gasteiger partial charge on any atom is 0.227 e. The monoisotopic (exact) mass is 255 g/mol. The Morgan fingerprint density at radius 2 is 2.00 bits per heavy atom. The van der Waals surface area contributed by atoms with Gasteiger partial charge in [-0.2, -0.15) is 0 Å². The van der Waals surface area contributed by atoms with Crippen molar-refractivity contribution in [2.24, 2.45) is 0 Å². The second-order valence-corrected chi connectivity index (χ2v) is 4.49. The molecule has 96 valence electrons. The van der Waals surface area contributed by atoms with Crippen LogP contribution in [0.25, 0.3) is 11.3 Å². The smallest absolute Gasteiger partial charge is 0.227 e. The molecule has 1 amide bonds. The normalized spacial score (nSPS) is 14.9. The molecule has 0 aliphatic carbocycles. The van der Waals surface area contributed by atoms with Gasteiger partial charge in [0.05, 0.1) is 5.69 Å². The van der Waals surface area contributed by atoms with E-state index in [0.717, 1.165) is 24.2 Å². The van der Waals surface area contributed by atoms with Crippen LogP contribution in [0.15, 0.2) is 40.8 Å². The van der Waals surface area contributed by atoms with Gasteiger partial charge in [-0.25, -0.2) is 0 Å². The molecule has 0 saturated carbocycles. The number of carbonyl (C=O) groups excluding carboxylic acids is 2. The average Bonchev–Trinajstić information content (AvgIpc) is 3.07. The highest BCUT2D eigenvalue weighted by molar-refractivity contribution is 5.99. The highest BCUT2D eigenvalue weighted by Gasteiger charge is 2.24. The van der Waals surface area contributed by atoms with Crippen molar-refractivity contribution in [1.29, 1.82) is 0 Å². The van der Waals surface area contributed by atoms with E-state index < -0.39 is 0 Å². The zero-order chi connectivity index (χ0) is 13.2. The molecular formula is C15H13NO3. The summed E-state index contributed by atoms with van der Waals surface area (Å²) in [6, 6.07) is 11.0. The molecule has 1 saturated heterocycles. The van der Waals surface area contributed by atoms with E-state index in [2.05, 4.69) is 0 Å². The average molecular weight is 255 g/mol. The van der Waals surface area contributed by atoms with Gasteiger partial charge in [-0.3, -0.25) is 9.59 Å². The van der Waals surface area contributed by atoms with Crippen LogP contribution in [0, 0.1) is 0 Å². The van der Waals surface area contributed by atoms with Crippen LogP contribution in [-0.4, -0.2) is 18.7 Å². The van der Waals surface area contributed by atoms with Crippen LogP contribution < -0.4 is 4.90 Å². The Kier molecular flexibility index (Phi) is 2.91. The molecule has 2 aromatic rings. The summed E-state index contributed by atoms with van der Waals surface area (Å²) < 4.78 is 5.45. The molecule has 1 aromatic heterocycles. The van der Waals surface area contributed by atoms with Crippen molar-refractivity contribution < 1.29 is 14.0 Å². The fourth-order valence-corrected chi connectivity index (χ4v) is 2.38. The zero-order valence-corrected chi connectivity index (χ0v) is 10.3. The van der Waals surface area contributed by atoms with Gasteiger partial charge in [0, 0.05) is 18.5 Å².